The predicted octanol–water partition coefficient (Wildman–Crippen LogP) is 5.96. The molecule has 4 rings (SSSR count). The van der Waals surface area contributed by atoms with Crippen LogP contribution in [-0.4, -0.2) is 29.1 Å². The van der Waals surface area contributed by atoms with Crippen molar-refractivity contribution in [2.75, 3.05) is 17.7 Å². The number of amides is 1. The molecule has 39 heavy (non-hydrogen) atoms. The normalized spacial score (nSPS) is 16.3. The van der Waals surface area contributed by atoms with Gasteiger partial charge in [0, 0.05) is 24.4 Å². The summed E-state index contributed by atoms with van der Waals surface area (Å²) in [5.41, 5.74) is 10.1. The maximum Gasteiger partial charge on any atom is 0.308 e. The molecule has 1 aliphatic rings. The van der Waals surface area contributed by atoms with Crippen molar-refractivity contribution < 1.29 is 23.8 Å². The number of anilines is 2. The van der Waals surface area contributed by atoms with E-state index in [0.29, 0.717) is 41.1 Å². The Morgan fingerprint density at radius 3 is 2.41 bits per heavy atom. The van der Waals surface area contributed by atoms with Gasteiger partial charge in [-0.1, -0.05) is 13.8 Å². The lowest BCUT2D eigenvalue weighted by Gasteiger charge is -2.41. The SMILES string of the molecule is CC(=O)Oc1c(C)c(C)c2c(c1C)CCC(COc1ccc(NC(=O)c3ccc(N)nc3)cc1)(CC(C)C)O2. The number of hydrogen-bond acceptors (Lipinski definition) is 7. The fourth-order valence-corrected chi connectivity index (χ4v) is 5.15. The molecule has 8 heteroatoms. The van der Waals surface area contributed by atoms with Gasteiger partial charge in [-0.05, 0) is 99.0 Å². The molecule has 0 aliphatic carbocycles. The van der Waals surface area contributed by atoms with Gasteiger partial charge in [0.05, 0.1) is 5.56 Å². The van der Waals surface area contributed by atoms with Crippen molar-refractivity contribution in [2.24, 2.45) is 5.92 Å². The summed E-state index contributed by atoms with van der Waals surface area (Å²) in [6, 6.07) is 10.5. The Balaban J connectivity index is 1.49. The van der Waals surface area contributed by atoms with Gasteiger partial charge in [-0.2, -0.15) is 0 Å². The number of rotatable bonds is 8. The number of carbonyl (C=O) groups excluding carboxylic acids is 2. The van der Waals surface area contributed by atoms with E-state index >= 15 is 0 Å². The maximum atomic E-state index is 12.5. The Morgan fingerprint density at radius 2 is 1.79 bits per heavy atom. The van der Waals surface area contributed by atoms with Gasteiger partial charge in [0.2, 0.25) is 0 Å². The number of fused-ring (bicyclic) bond motifs is 1. The van der Waals surface area contributed by atoms with E-state index in [2.05, 4.69) is 24.1 Å². The second-order valence-corrected chi connectivity index (χ2v) is 10.7. The van der Waals surface area contributed by atoms with Crippen LogP contribution >= 0.6 is 0 Å². The number of benzene rings is 2. The average Bonchev–Trinajstić information content (AvgIpc) is 2.89. The summed E-state index contributed by atoms with van der Waals surface area (Å²) < 4.78 is 18.6. The number of nitrogens with zero attached hydrogens (tertiary/aromatic N) is 1. The standard InChI is InChI=1S/C31H37N3O5/c1-18(2)15-31(14-13-26-21(5)28(38-22(6)35)19(3)20(4)29(26)39-31)17-37-25-10-8-24(9-11-25)34-30(36)23-7-12-27(32)33-16-23/h7-12,16,18H,13-15,17H2,1-6H3,(H2,32,33)(H,34,36). The van der Waals surface area contributed by atoms with Crippen LogP contribution in [0.4, 0.5) is 11.5 Å². The summed E-state index contributed by atoms with van der Waals surface area (Å²) in [6.45, 7) is 12.1. The minimum absolute atomic E-state index is 0.265. The minimum Gasteiger partial charge on any atom is -0.489 e. The van der Waals surface area contributed by atoms with Crippen LogP contribution in [0.5, 0.6) is 17.2 Å². The van der Waals surface area contributed by atoms with Crippen molar-refractivity contribution in [1.82, 2.24) is 4.98 Å². The largest absolute Gasteiger partial charge is 0.489 e. The van der Waals surface area contributed by atoms with Crippen LogP contribution in [0.2, 0.25) is 0 Å². The number of nitrogen functional groups attached to an aromatic ring is 1. The van der Waals surface area contributed by atoms with Gasteiger partial charge in [0.1, 0.15) is 35.3 Å². The molecule has 1 aliphatic heterocycles. The fourth-order valence-electron chi connectivity index (χ4n) is 5.15. The van der Waals surface area contributed by atoms with Crippen molar-refractivity contribution in [3.05, 3.63) is 70.4 Å². The van der Waals surface area contributed by atoms with E-state index in [4.69, 9.17) is 19.9 Å². The third kappa shape index (κ3) is 6.33. The smallest absolute Gasteiger partial charge is 0.308 e. The van der Waals surface area contributed by atoms with Crippen molar-refractivity contribution in [1.29, 1.82) is 0 Å². The number of aromatic nitrogens is 1. The second-order valence-electron chi connectivity index (χ2n) is 10.7. The number of carbonyl (C=O) groups is 2. The van der Waals surface area contributed by atoms with Crippen molar-refractivity contribution in [3.63, 3.8) is 0 Å². The third-order valence-electron chi connectivity index (χ3n) is 7.15. The Hall–Kier alpha value is -4.07. The molecule has 1 unspecified atom stereocenters. The molecule has 206 valence electrons. The summed E-state index contributed by atoms with van der Waals surface area (Å²) in [5, 5.41) is 2.86. The molecule has 2 heterocycles. The zero-order valence-electron chi connectivity index (χ0n) is 23.5. The van der Waals surface area contributed by atoms with Gasteiger partial charge in [-0.25, -0.2) is 4.98 Å². The molecule has 1 amide bonds. The maximum absolute atomic E-state index is 12.5. The zero-order valence-corrected chi connectivity index (χ0v) is 23.5. The summed E-state index contributed by atoms with van der Waals surface area (Å²) in [5.74, 6) is 2.36. The summed E-state index contributed by atoms with van der Waals surface area (Å²) in [4.78, 5) is 28.1. The number of pyridine rings is 1. The number of nitrogens with one attached hydrogen (secondary N) is 1. The molecule has 0 saturated heterocycles. The molecule has 1 atom stereocenters. The fraction of sp³-hybridized carbons (Fsp3) is 0.387. The van der Waals surface area contributed by atoms with E-state index in [1.807, 2.05) is 32.9 Å². The zero-order chi connectivity index (χ0) is 28.3. The summed E-state index contributed by atoms with van der Waals surface area (Å²) in [6.07, 6.45) is 3.86. The number of esters is 1. The number of hydrogen-bond donors (Lipinski definition) is 2. The monoisotopic (exact) mass is 531 g/mol. The first-order valence-corrected chi connectivity index (χ1v) is 13.2. The van der Waals surface area contributed by atoms with Crippen molar-refractivity contribution >= 4 is 23.4 Å². The van der Waals surface area contributed by atoms with E-state index in [0.717, 1.165) is 47.3 Å². The van der Waals surface area contributed by atoms with Gasteiger partial charge in [0.15, 0.2) is 0 Å². The van der Waals surface area contributed by atoms with Crippen molar-refractivity contribution in [2.45, 2.75) is 66.4 Å². The van der Waals surface area contributed by atoms with E-state index in [1.165, 1.54) is 13.1 Å². The quantitative estimate of drug-likeness (QED) is 0.273. The lowest BCUT2D eigenvalue weighted by Crippen LogP contribution is -2.46. The highest BCUT2D eigenvalue weighted by Gasteiger charge is 2.40. The molecular weight excluding hydrogens is 494 g/mol. The second kappa shape index (κ2) is 11.4. The Kier molecular flexibility index (Phi) is 8.14. The first-order chi connectivity index (χ1) is 18.5. The van der Waals surface area contributed by atoms with Gasteiger partial charge < -0.3 is 25.3 Å². The Bertz CT molecular complexity index is 1370. The van der Waals surface area contributed by atoms with Gasteiger partial charge in [-0.3, -0.25) is 9.59 Å². The molecule has 1 aromatic heterocycles. The molecule has 3 aromatic rings. The van der Waals surface area contributed by atoms with E-state index < -0.39 is 5.60 Å². The Labute approximate surface area is 229 Å². The lowest BCUT2D eigenvalue weighted by atomic mass is 9.82. The predicted molar refractivity (Wildman–Crippen MR) is 152 cm³/mol. The molecule has 0 bridgehead atoms. The number of nitrogens with two attached hydrogens (primary N) is 1. The van der Waals surface area contributed by atoms with Gasteiger partial charge in [-0.15, -0.1) is 0 Å². The van der Waals surface area contributed by atoms with E-state index in [9.17, 15) is 9.59 Å². The molecule has 2 aromatic carbocycles. The molecule has 3 N–H and O–H groups in total. The van der Waals surface area contributed by atoms with Crippen LogP contribution in [0.15, 0.2) is 42.6 Å². The average molecular weight is 532 g/mol. The van der Waals surface area contributed by atoms with E-state index in [1.54, 1.807) is 24.3 Å². The highest BCUT2D eigenvalue weighted by Crippen LogP contribution is 2.45. The van der Waals surface area contributed by atoms with Crippen molar-refractivity contribution in [3.8, 4) is 17.2 Å². The number of ether oxygens (including phenoxy) is 3. The highest BCUT2D eigenvalue weighted by molar-refractivity contribution is 6.04. The van der Waals surface area contributed by atoms with Crippen LogP contribution in [0.3, 0.4) is 0 Å². The summed E-state index contributed by atoms with van der Waals surface area (Å²) >= 11 is 0. The van der Waals surface area contributed by atoms with Gasteiger partial charge in [0.25, 0.3) is 5.91 Å². The lowest BCUT2D eigenvalue weighted by molar-refractivity contribution is -0.132. The molecule has 0 radical (unpaired) electrons. The molecule has 8 nitrogen and oxygen atoms in total. The molecule has 0 saturated carbocycles. The molecular formula is C31H37N3O5. The highest BCUT2D eigenvalue weighted by atomic mass is 16.5. The van der Waals surface area contributed by atoms with Gasteiger partial charge >= 0.3 is 5.97 Å². The van der Waals surface area contributed by atoms with Crippen LogP contribution in [0.25, 0.3) is 0 Å². The molecule has 0 fully saturated rings. The Morgan fingerprint density at radius 1 is 1.08 bits per heavy atom. The topological polar surface area (TPSA) is 113 Å². The van der Waals surface area contributed by atoms with E-state index in [-0.39, 0.29) is 11.9 Å². The minimum atomic E-state index is -0.497. The van der Waals surface area contributed by atoms with Crippen LogP contribution in [-0.2, 0) is 11.2 Å². The first-order valence-electron chi connectivity index (χ1n) is 13.2. The summed E-state index contributed by atoms with van der Waals surface area (Å²) in [7, 11) is 0. The first kappa shape index (κ1) is 28.0. The van der Waals surface area contributed by atoms with Crippen LogP contribution in [0.1, 0.15) is 66.2 Å². The molecule has 0 spiro atoms. The van der Waals surface area contributed by atoms with Crippen LogP contribution < -0.4 is 25.3 Å². The van der Waals surface area contributed by atoms with Crippen LogP contribution in [0, 0.1) is 26.7 Å². The third-order valence-corrected chi connectivity index (χ3v) is 7.15.